The van der Waals surface area contributed by atoms with Gasteiger partial charge >= 0.3 is 11.9 Å². The minimum Gasteiger partial charge on any atom is -0.492 e. The number of aromatic amines is 1. The van der Waals surface area contributed by atoms with E-state index in [1.165, 1.54) is 0 Å². The van der Waals surface area contributed by atoms with Crippen molar-refractivity contribution in [2.75, 3.05) is 11.9 Å². The number of H-pyrrole nitrogens is 1. The lowest BCUT2D eigenvalue weighted by molar-refractivity contribution is -0.134. The van der Waals surface area contributed by atoms with E-state index >= 15 is 0 Å². The van der Waals surface area contributed by atoms with Gasteiger partial charge in [0.25, 0.3) is 0 Å². The molecule has 0 aliphatic heterocycles. The molecule has 3 rings (SSSR count). The number of aliphatic carboxylic acids is 2. The van der Waals surface area contributed by atoms with Gasteiger partial charge in [0, 0.05) is 30.2 Å². The summed E-state index contributed by atoms with van der Waals surface area (Å²) in [7, 11) is 0. The quantitative estimate of drug-likeness (QED) is 0.544. The number of carbonyl (C=O) groups excluding carboxylic acids is 1. The van der Waals surface area contributed by atoms with Gasteiger partial charge in [-0.1, -0.05) is 12.1 Å². The zero-order chi connectivity index (χ0) is 21.2. The molecule has 0 fully saturated rings. The standard InChI is InChI=1S/C16H19N3O2.C4H4O4/c1-2-21-15-6-4-3-5-13(15)19-16(20)11-7-8-12-14(9-11)18-10-17-12;5-3(6)1-2-4(7)8/h3-6,10-11H,2,7-9H2,1H3,(H,17,18)(H,19,20);1-2H,(H,5,6)(H,7,8)/b;2-1+. The van der Waals surface area contributed by atoms with Crippen LogP contribution in [0.4, 0.5) is 5.69 Å². The smallest absolute Gasteiger partial charge is 0.328 e. The average Bonchev–Trinajstić information content (AvgIpc) is 3.16. The molecule has 1 amide bonds. The van der Waals surface area contributed by atoms with E-state index in [9.17, 15) is 14.4 Å². The van der Waals surface area contributed by atoms with Crippen molar-refractivity contribution in [3.63, 3.8) is 0 Å². The summed E-state index contributed by atoms with van der Waals surface area (Å²) >= 11 is 0. The van der Waals surface area contributed by atoms with Crippen molar-refractivity contribution in [1.29, 1.82) is 0 Å². The van der Waals surface area contributed by atoms with Gasteiger partial charge in [0.1, 0.15) is 5.75 Å². The van der Waals surface area contributed by atoms with Gasteiger partial charge in [-0.05, 0) is 31.9 Å². The number of nitrogens with zero attached hydrogens (tertiary/aromatic N) is 1. The van der Waals surface area contributed by atoms with Gasteiger partial charge in [0.15, 0.2) is 0 Å². The lowest BCUT2D eigenvalue weighted by Gasteiger charge is -2.21. The Hall–Kier alpha value is -3.62. The van der Waals surface area contributed by atoms with Crippen molar-refractivity contribution in [3.8, 4) is 5.75 Å². The number of benzene rings is 1. The highest BCUT2D eigenvalue weighted by molar-refractivity contribution is 5.94. The Bertz CT molecular complexity index is 874. The first-order chi connectivity index (χ1) is 13.9. The second kappa shape index (κ2) is 10.6. The first kappa shape index (κ1) is 21.7. The molecule has 1 aromatic heterocycles. The third kappa shape index (κ3) is 6.80. The molecule has 29 heavy (non-hydrogen) atoms. The van der Waals surface area contributed by atoms with Gasteiger partial charge in [-0.3, -0.25) is 4.79 Å². The minimum absolute atomic E-state index is 0.0207. The van der Waals surface area contributed by atoms with Crippen LogP contribution in [-0.4, -0.2) is 44.6 Å². The number of fused-ring (bicyclic) bond motifs is 1. The number of para-hydroxylation sites is 2. The molecule has 2 aromatic rings. The molecule has 1 atom stereocenters. The molecular weight excluding hydrogens is 378 g/mol. The van der Waals surface area contributed by atoms with Crippen LogP contribution in [0.2, 0.25) is 0 Å². The van der Waals surface area contributed by atoms with Gasteiger partial charge in [-0.25, -0.2) is 14.6 Å². The van der Waals surface area contributed by atoms with E-state index in [-0.39, 0.29) is 11.8 Å². The highest BCUT2D eigenvalue weighted by Crippen LogP contribution is 2.27. The normalized spacial score (nSPS) is 15.0. The van der Waals surface area contributed by atoms with Crippen LogP contribution in [0.25, 0.3) is 0 Å². The van der Waals surface area contributed by atoms with E-state index in [2.05, 4.69) is 15.3 Å². The van der Waals surface area contributed by atoms with Crippen molar-refractivity contribution in [2.24, 2.45) is 5.92 Å². The SMILES string of the molecule is CCOc1ccccc1NC(=O)C1CCc2nc[nH]c2C1.O=C(O)/C=C/C(=O)O. The molecule has 4 N–H and O–H groups in total. The van der Waals surface area contributed by atoms with Crippen molar-refractivity contribution in [2.45, 2.75) is 26.2 Å². The Labute approximate surface area is 167 Å². The van der Waals surface area contributed by atoms with Crippen molar-refractivity contribution < 1.29 is 29.3 Å². The maximum absolute atomic E-state index is 12.5. The summed E-state index contributed by atoms with van der Waals surface area (Å²) in [6.45, 7) is 2.51. The first-order valence-electron chi connectivity index (χ1n) is 9.08. The van der Waals surface area contributed by atoms with E-state index in [1.54, 1.807) is 6.33 Å². The number of carboxylic acid groups (broad SMARTS) is 2. The number of ether oxygens (including phenoxy) is 1. The number of amides is 1. The number of carbonyl (C=O) groups is 3. The van der Waals surface area contributed by atoms with Gasteiger partial charge in [-0.15, -0.1) is 0 Å². The van der Waals surface area contributed by atoms with E-state index in [4.69, 9.17) is 14.9 Å². The second-order valence-corrected chi connectivity index (χ2v) is 6.20. The van der Waals surface area contributed by atoms with E-state index in [0.717, 1.165) is 36.3 Å². The number of hydrogen-bond acceptors (Lipinski definition) is 5. The fraction of sp³-hybridized carbons (Fsp3) is 0.300. The van der Waals surface area contributed by atoms with Crippen LogP contribution in [0.3, 0.4) is 0 Å². The first-order valence-corrected chi connectivity index (χ1v) is 9.08. The monoisotopic (exact) mass is 401 g/mol. The highest BCUT2D eigenvalue weighted by atomic mass is 16.5. The Morgan fingerprint density at radius 2 is 1.93 bits per heavy atom. The Balaban J connectivity index is 0.000000321. The summed E-state index contributed by atoms with van der Waals surface area (Å²) in [5.41, 5.74) is 2.91. The number of aromatic nitrogens is 2. The summed E-state index contributed by atoms with van der Waals surface area (Å²) in [5.74, 6) is -1.78. The molecule has 0 bridgehead atoms. The molecule has 9 nitrogen and oxygen atoms in total. The van der Waals surface area contributed by atoms with E-state index < -0.39 is 11.9 Å². The zero-order valence-electron chi connectivity index (χ0n) is 15.9. The lowest BCUT2D eigenvalue weighted by Crippen LogP contribution is -2.28. The predicted octanol–water partition coefficient (Wildman–Crippen LogP) is 2.26. The summed E-state index contributed by atoms with van der Waals surface area (Å²) in [5, 5.41) is 18.6. The molecule has 154 valence electrons. The van der Waals surface area contributed by atoms with Gasteiger partial charge < -0.3 is 25.3 Å². The van der Waals surface area contributed by atoms with Crippen LogP contribution in [0.5, 0.6) is 5.75 Å². The third-order valence-electron chi connectivity index (χ3n) is 4.17. The van der Waals surface area contributed by atoms with Crippen LogP contribution >= 0.6 is 0 Å². The van der Waals surface area contributed by atoms with Crippen LogP contribution in [0.1, 0.15) is 24.7 Å². The van der Waals surface area contributed by atoms with E-state index in [1.807, 2.05) is 31.2 Å². The van der Waals surface area contributed by atoms with Crippen molar-refractivity contribution >= 4 is 23.5 Å². The molecule has 0 saturated heterocycles. The maximum Gasteiger partial charge on any atom is 0.328 e. The predicted molar refractivity (Wildman–Crippen MR) is 105 cm³/mol. The lowest BCUT2D eigenvalue weighted by atomic mass is 9.89. The molecule has 1 aliphatic carbocycles. The molecule has 0 spiro atoms. The molecule has 9 heteroatoms. The number of aryl methyl sites for hydroxylation is 1. The molecule has 1 aliphatic rings. The third-order valence-corrected chi connectivity index (χ3v) is 4.17. The maximum atomic E-state index is 12.5. The number of nitrogens with one attached hydrogen (secondary N) is 2. The molecular formula is C20H23N3O6. The van der Waals surface area contributed by atoms with Gasteiger partial charge in [0.05, 0.1) is 24.3 Å². The van der Waals surface area contributed by atoms with Crippen LogP contribution in [0.15, 0.2) is 42.7 Å². The summed E-state index contributed by atoms with van der Waals surface area (Å²) in [6, 6.07) is 7.53. The van der Waals surface area contributed by atoms with Crippen molar-refractivity contribution in [1.82, 2.24) is 9.97 Å². The summed E-state index contributed by atoms with van der Waals surface area (Å²) < 4.78 is 5.54. The number of imidazole rings is 1. The van der Waals surface area contributed by atoms with Gasteiger partial charge in [-0.2, -0.15) is 0 Å². The number of carboxylic acids is 2. The Morgan fingerprint density at radius 3 is 2.59 bits per heavy atom. The highest BCUT2D eigenvalue weighted by Gasteiger charge is 2.26. The molecule has 1 aromatic carbocycles. The number of anilines is 1. The summed E-state index contributed by atoms with van der Waals surface area (Å²) in [4.78, 5) is 38.9. The molecule has 0 saturated carbocycles. The zero-order valence-corrected chi connectivity index (χ0v) is 15.9. The Morgan fingerprint density at radius 1 is 1.24 bits per heavy atom. The van der Waals surface area contributed by atoms with Gasteiger partial charge in [0.2, 0.25) is 5.91 Å². The minimum atomic E-state index is -1.26. The fourth-order valence-electron chi connectivity index (χ4n) is 2.85. The fourth-order valence-corrected chi connectivity index (χ4v) is 2.85. The van der Waals surface area contributed by atoms with Crippen LogP contribution < -0.4 is 10.1 Å². The molecule has 1 heterocycles. The number of rotatable bonds is 6. The van der Waals surface area contributed by atoms with Crippen LogP contribution in [-0.2, 0) is 27.2 Å². The van der Waals surface area contributed by atoms with Crippen LogP contribution in [0, 0.1) is 5.92 Å². The molecule has 1 unspecified atom stereocenters. The number of hydrogen-bond donors (Lipinski definition) is 4. The Kier molecular flexibility index (Phi) is 7.96. The average molecular weight is 401 g/mol. The van der Waals surface area contributed by atoms with Crippen molar-refractivity contribution in [3.05, 3.63) is 54.1 Å². The molecule has 0 radical (unpaired) electrons. The largest absolute Gasteiger partial charge is 0.492 e. The topological polar surface area (TPSA) is 142 Å². The summed E-state index contributed by atoms with van der Waals surface area (Å²) in [6.07, 6.45) is 5.22. The van der Waals surface area contributed by atoms with E-state index in [0.29, 0.717) is 24.5 Å². The second-order valence-electron chi connectivity index (χ2n) is 6.20.